The Hall–Kier alpha value is -0.610. The van der Waals surface area contributed by atoms with Crippen LogP contribution in [0, 0.1) is 0 Å². The first-order chi connectivity index (χ1) is 6.93. The minimum Gasteiger partial charge on any atom is -0.393 e. The van der Waals surface area contributed by atoms with Gasteiger partial charge in [-0.05, 0) is 32.6 Å². The minimum atomic E-state index is -0.351. The molecule has 88 valence electrons. The summed E-state index contributed by atoms with van der Waals surface area (Å²) in [7, 11) is 1.77. The van der Waals surface area contributed by atoms with E-state index in [4.69, 9.17) is 10.8 Å². The molecule has 1 aliphatic carbocycles. The highest BCUT2D eigenvalue weighted by molar-refractivity contribution is 5.77. The first-order valence-corrected chi connectivity index (χ1v) is 5.64. The molecule has 1 unspecified atom stereocenters. The maximum atomic E-state index is 11.7. The quantitative estimate of drug-likeness (QED) is 0.700. The van der Waals surface area contributed by atoms with E-state index in [1.807, 2.05) is 0 Å². The summed E-state index contributed by atoms with van der Waals surface area (Å²) in [5.41, 5.74) is 5.76. The number of nitrogens with zero attached hydrogens (tertiary/aromatic N) is 1. The van der Waals surface area contributed by atoms with Crippen molar-refractivity contribution in [3.05, 3.63) is 0 Å². The molecular formula is C11H22N2O2. The van der Waals surface area contributed by atoms with Crippen LogP contribution >= 0.6 is 0 Å². The van der Waals surface area contributed by atoms with Crippen molar-refractivity contribution in [2.24, 2.45) is 5.73 Å². The molecule has 0 aromatic heterocycles. The molecular weight excluding hydrogens is 192 g/mol. The van der Waals surface area contributed by atoms with E-state index in [-0.39, 0.29) is 17.6 Å². The smallest absolute Gasteiger partial charge is 0.224 e. The maximum absolute atomic E-state index is 11.7. The highest BCUT2D eigenvalue weighted by atomic mass is 16.3. The SMILES string of the molecule is CC(O)CCN(C)C(=O)CC1(N)CCC1. The molecule has 1 fully saturated rings. The van der Waals surface area contributed by atoms with E-state index in [0.29, 0.717) is 19.4 Å². The van der Waals surface area contributed by atoms with E-state index in [1.165, 1.54) is 0 Å². The van der Waals surface area contributed by atoms with Gasteiger partial charge in [-0.15, -0.1) is 0 Å². The monoisotopic (exact) mass is 214 g/mol. The maximum Gasteiger partial charge on any atom is 0.224 e. The van der Waals surface area contributed by atoms with Gasteiger partial charge in [-0.3, -0.25) is 4.79 Å². The molecule has 1 atom stereocenters. The van der Waals surface area contributed by atoms with Gasteiger partial charge in [0.2, 0.25) is 5.91 Å². The molecule has 1 rings (SSSR count). The van der Waals surface area contributed by atoms with E-state index in [0.717, 1.165) is 19.3 Å². The summed E-state index contributed by atoms with van der Waals surface area (Å²) in [6, 6.07) is 0. The van der Waals surface area contributed by atoms with Crippen molar-refractivity contribution in [3.8, 4) is 0 Å². The number of aliphatic hydroxyl groups is 1. The van der Waals surface area contributed by atoms with Gasteiger partial charge in [0, 0.05) is 25.6 Å². The third-order valence-electron chi connectivity index (χ3n) is 3.16. The third kappa shape index (κ3) is 3.80. The Morgan fingerprint density at radius 1 is 1.60 bits per heavy atom. The molecule has 1 amide bonds. The standard InChI is InChI=1S/C11H22N2O2/c1-9(14)4-7-13(2)10(15)8-11(12)5-3-6-11/h9,14H,3-8,12H2,1-2H3. The fourth-order valence-corrected chi connectivity index (χ4v) is 1.75. The number of aliphatic hydroxyl groups excluding tert-OH is 1. The summed E-state index contributed by atoms with van der Waals surface area (Å²) >= 11 is 0. The summed E-state index contributed by atoms with van der Waals surface area (Å²) in [4.78, 5) is 13.4. The van der Waals surface area contributed by atoms with E-state index >= 15 is 0 Å². The van der Waals surface area contributed by atoms with Crippen molar-refractivity contribution < 1.29 is 9.90 Å². The number of amides is 1. The van der Waals surface area contributed by atoms with Gasteiger partial charge in [0.05, 0.1) is 6.10 Å². The van der Waals surface area contributed by atoms with Crippen molar-refractivity contribution in [1.29, 1.82) is 0 Å². The second-order valence-corrected chi connectivity index (χ2v) is 4.85. The van der Waals surface area contributed by atoms with Gasteiger partial charge >= 0.3 is 0 Å². The van der Waals surface area contributed by atoms with Crippen LogP contribution < -0.4 is 5.73 Å². The van der Waals surface area contributed by atoms with Gasteiger partial charge < -0.3 is 15.7 Å². The van der Waals surface area contributed by atoms with Crippen molar-refractivity contribution >= 4 is 5.91 Å². The van der Waals surface area contributed by atoms with Crippen molar-refractivity contribution in [2.45, 2.75) is 50.7 Å². The van der Waals surface area contributed by atoms with Crippen LogP contribution in [0.15, 0.2) is 0 Å². The highest BCUT2D eigenvalue weighted by Gasteiger charge is 2.35. The molecule has 1 aliphatic rings. The third-order valence-corrected chi connectivity index (χ3v) is 3.16. The molecule has 0 spiro atoms. The Kier molecular flexibility index (Phi) is 4.11. The first-order valence-electron chi connectivity index (χ1n) is 5.64. The zero-order chi connectivity index (χ0) is 11.5. The second kappa shape index (κ2) is 4.94. The van der Waals surface area contributed by atoms with Crippen LogP contribution in [0.4, 0.5) is 0 Å². The number of hydrogen-bond acceptors (Lipinski definition) is 3. The van der Waals surface area contributed by atoms with Crippen molar-refractivity contribution in [3.63, 3.8) is 0 Å². The van der Waals surface area contributed by atoms with Crippen LogP contribution in [0.3, 0.4) is 0 Å². The summed E-state index contributed by atoms with van der Waals surface area (Å²) in [5.74, 6) is 0.0952. The largest absolute Gasteiger partial charge is 0.393 e. The lowest BCUT2D eigenvalue weighted by Crippen LogP contribution is -2.50. The molecule has 4 nitrogen and oxygen atoms in total. The Bertz CT molecular complexity index is 225. The van der Waals surface area contributed by atoms with E-state index in [2.05, 4.69) is 0 Å². The van der Waals surface area contributed by atoms with Gasteiger partial charge in [-0.1, -0.05) is 0 Å². The Labute approximate surface area is 91.4 Å². The molecule has 0 aliphatic heterocycles. The number of carbonyl (C=O) groups is 1. The van der Waals surface area contributed by atoms with Crippen LogP contribution in [0.1, 0.15) is 39.0 Å². The summed E-state index contributed by atoms with van der Waals surface area (Å²) in [6.45, 7) is 2.33. The number of carbonyl (C=O) groups excluding carboxylic acids is 1. The van der Waals surface area contributed by atoms with E-state index in [1.54, 1.807) is 18.9 Å². The molecule has 0 heterocycles. The Morgan fingerprint density at radius 3 is 2.60 bits per heavy atom. The van der Waals surface area contributed by atoms with Gasteiger partial charge in [-0.2, -0.15) is 0 Å². The minimum absolute atomic E-state index is 0.0952. The Balaban J connectivity index is 2.26. The zero-order valence-electron chi connectivity index (χ0n) is 9.70. The van der Waals surface area contributed by atoms with Crippen LogP contribution in [0.25, 0.3) is 0 Å². The highest BCUT2D eigenvalue weighted by Crippen LogP contribution is 2.32. The molecule has 0 bridgehead atoms. The van der Waals surface area contributed by atoms with E-state index < -0.39 is 0 Å². The van der Waals surface area contributed by atoms with Gasteiger partial charge in [0.15, 0.2) is 0 Å². The lowest BCUT2D eigenvalue weighted by molar-refractivity contribution is -0.132. The first kappa shape index (κ1) is 12.5. The summed E-state index contributed by atoms with van der Waals surface area (Å²) in [6.07, 6.45) is 3.78. The molecule has 4 heteroatoms. The number of hydrogen-bond donors (Lipinski definition) is 2. The predicted octanol–water partition coefficient (Wildman–Crippen LogP) is 0.487. The van der Waals surface area contributed by atoms with Crippen LogP contribution in [0.5, 0.6) is 0 Å². The molecule has 0 aromatic carbocycles. The molecule has 0 saturated heterocycles. The molecule has 1 saturated carbocycles. The zero-order valence-corrected chi connectivity index (χ0v) is 9.70. The summed E-state index contributed by atoms with van der Waals surface area (Å²) < 4.78 is 0. The van der Waals surface area contributed by atoms with Crippen LogP contribution in [0.2, 0.25) is 0 Å². The van der Waals surface area contributed by atoms with Gasteiger partial charge in [0.1, 0.15) is 0 Å². The topological polar surface area (TPSA) is 66.6 Å². The van der Waals surface area contributed by atoms with E-state index in [9.17, 15) is 4.79 Å². The average Bonchev–Trinajstić information content (AvgIpc) is 2.11. The fraction of sp³-hybridized carbons (Fsp3) is 0.909. The lowest BCUT2D eigenvalue weighted by atomic mass is 9.75. The number of nitrogens with two attached hydrogens (primary N) is 1. The summed E-state index contributed by atoms with van der Waals surface area (Å²) in [5, 5.41) is 9.11. The predicted molar refractivity (Wildman–Crippen MR) is 59.3 cm³/mol. The lowest BCUT2D eigenvalue weighted by Gasteiger charge is -2.38. The molecule has 0 aromatic rings. The molecule has 15 heavy (non-hydrogen) atoms. The van der Waals surface area contributed by atoms with Gasteiger partial charge in [-0.25, -0.2) is 0 Å². The number of rotatable bonds is 5. The van der Waals surface area contributed by atoms with Crippen molar-refractivity contribution in [1.82, 2.24) is 4.90 Å². The van der Waals surface area contributed by atoms with Gasteiger partial charge in [0.25, 0.3) is 0 Å². The second-order valence-electron chi connectivity index (χ2n) is 4.85. The molecule has 3 N–H and O–H groups in total. The Morgan fingerprint density at radius 2 is 2.20 bits per heavy atom. The molecule has 0 radical (unpaired) electrons. The normalized spacial score (nSPS) is 20.5. The van der Waals surface area contributed by atoms with Crippen molar-refractivity contribution in [2.75, 3.05) is 13.6 Å². The van der Waals surface area contributed by atoms with Crippen LogP contribution in [-0.4, -0.2) is 41.1 Å². The average molecular weight is 214 g/mol. The fourth-order valence-electron chi connectivity index (χ4n) is 1.75. The van der Waals surface area contributed by atoms with Crippen LogP contribution in [-0.2, 0) is 4.79 Å².